The maximum Gasteiger partial charge on any atom is 0.260 e. The van der Waals surface area contributed by atoms with E-state index in [0.29, 0.717) is 16.5 Å². The van der Waals surface area contributed by atoms with Crippen LogP contribution in [0.3, 0.4) is 0 Å². The summed E-state index contributed by atoms with van der Waals surface area (Å²) in [6.07, 6.45) is 9.15. The van der Waals surface area contributed by atoms with Crippen LogP contribution in [0.4, 0.5) is 5.13 Å². The maximum absolute atomic E-state index is 13.0. The van der Waals surface area contributed by atoms with E-state index in [4.69, 9.17) is 4.98 Å². The van der Waals surface area contributed by atoms with Gasteiger partial charge in [0.1, 0.15) is 0 Å². The lowest BCUT2D eigenvalue weighted by Gasteiger charge is -2.19. The third-order valence-electron chi connectivity index (χ3n) is 5.42. The number of aryl methyl sites for hydroxylation is 1. The van der Waals surface area contributed by atoms with E-state index in [0.717, 1.165) is 30.1 Å². The van der Waals surface area contributed by atoms with E-state index in [1.54, 1.807) is 28.4 Å². The number of nitrogens with zero attached hydrogens (tertiary/aromatic N) is 4. The van der Waals surface area contributed by atoms with Crippen LogP contribution in [0.25, 0.3) is 5.82 Å². The molecular weight excluding hydrogens is 382 g/mol. The molecule has 0 bridgehead atoms. The Hall–Kier alpha value is -2.54. The van der Waals surface area contributed by atoms with Gasteiger partial charge in [0, 0.05) is 11.1 Å². The first-order valence-electron chi connectivity index (χ1n) is 10.4. The first kappa shape index (κ1) is 19.8. The Labute approximate surface area is 175 Å². The first-order chi connectivity index (χ1) is 14.1. The lowest BCUT2D eigenvalue weighted by Crippen LogP contribution is -2.15. The molecule has 29 heavy (non-hydrogen) atoms. The minimum absolute atomic E-state index is 0.125. The van der Waals surface area contributed by atoms with Crippen LogP contribution in [0.15, 0.2) is 30.6 Å². The highest BCUT2D eigenvalue weighted by Gasteiger charge is 2.25. The van der Waals surface area contributed by atoms with E-state index in [1.165, 1.54) is 24.1 Å². The van der Waals surface area contributed by atoms with Crippen LogP contribution >= 0.6 is 11.3 Å². The van der Waals surface area contributed by atoms with Crippen LogP contribution in [0.5, 0.6) is 0 Å². The Kier molecular flexibility index (Phi) is 5.76. The maximum atomic E-state index is 13.0. The van der Waals surface area contributed by atoms with E-state index in [2.05, 4.69) is 36.2 Å². The van der Waals surface area contributed by atoms with Gasteiger partial charge in [-0.25, -0.2) is 14.6 Å². The van der Waals surface area contributed by atoms with Gasteiger partial charge in [-0.1, -0.05) is 39.7 Å². The van der Waals surface area contributed by atoms with Gasteiger partial charge in [0.25, 0.3) is 5.91 Å². The van der Waals surface area contributed by atoms with Crippen LogP contribution in [0.2, 0.25) is 0 Å². The second-order valence-electron chi connectivity index (χ2n) is 7.94. The molecule has 1 amide bonds. The number of amides is 1. The predicted octanol–water partition coefficient (Wildman–Crippen LogP) is 5.00. The van der Waals surface area contributed by atoms with Crippen molar-refractivity contribution >= 4 is 22.4 Å². The van der Waals surface area contributed by atoms with Crippen molar-refractivity contribution in [3.63, 3.8) is 0 Å². The van der Waals surface area contributed by atoms with Crippen LogP contribution in [-0.4, -0.2) is 25.7 Å². The van der Waals surface area contributed by atoms with E-state index in [-0.39, 0.29) is 11.8 Å². The molecule has 0 radical (unpaired) electrons. The van der Waals surface area contributed by atoms with Gasteiger partial charge in [0.2, 0.25) is 0 Å². The minimum atomic E-state index is -0.160. The zero-order valence-corrected chi connectivity index (χ0v) is 18.0. The van der Waals surface area contributed by atoms with Gasteiger partial charge < -0.3 is 0 Å². The SMILES string of the molecule is CCCC1CCc2nc(NC(=O)c3cnn(-c4ccccn4)c3C(C)C)sc2C1. The van der Waals surface area contributed by atoms with Gasteiger partial charge in [0.05, 0.1) is 23.1 Å². The number of aromatic nitrogens is 4. The highest BCUT2D eigenvalue weighted by Crippen LogP contribution is 2.34. The Morgan fingerprint density at radius 2 is 2.24 bits per heavy atom. The summed E-state index contributed by atoms with van der Waals surface area (Å²) in [5.74, 6) is 1.43. The third kappa shape index (κ3) is 4.10. The third-order valence-corrected chi connectivity index (χ3v) is 6.46. The van der Waals surface area contributed by atoms with Crippen molar-refractivity contribution < 1.29 is 4.79 Å². The summed E-state index contributed by atoms with van der Waals surface area (Å²) < 4.78 is 1.75. The van der Waals surface area contributed by atoms with Gasteiger partial charge >= 0.3 is 0 Å². The summed E-state index contributed by atoms with van der Waals surface area (Å²) in [7, 11) is 0. The normalized spacial score (nSPS) is 16.1. The molecule has 0 aromatic carbocycles. The average molecular weight is 410 g/mol. The molecule has 1 aliphatic rings. The first-order valence-corrected chi connectivity index (χ1v) is 11.2. The second-order valence-corrected chi connectivity index (χ2v) is 9.02. The molecule has 7 heteroatoms. The van der Waals surface area contributed by atoms with E-state index < -0.39 is 0 Å². The Balaban J connectivity index is 1.56. The number of carbonyl (C=O) groups excluding carboxylic acids is 1. The molecule has 1 atom stereocenters. The van der Waals surface area contributed by atoms with E-state index in [9.17, 15) is 4.79 Å². The molecule has 0 saturated heterocycles. The van der Waals surface area contributed by atoms with Crippen molar-refractivity contribution in [1.29, 1.82) is 0 Å². The predicted molar refractivity (Wildman–Crippen MR) is 116 cm³/mol. The van der Waals surface area contributed by atoms with Gasteiger partial charge in [-0.2, -0.15) is 5.10 Å². The van der Waals surface area contributed by atoms with Crippen LogP contribution in [0, 0.1) is 5.92 Å². The number of nitrogens with one attached hydrogen (secondary N) is 1. The number of carbonyl (C=O) groups is 1. The molecule has 3 heterocycles. The van der Waals surface area contributed by atoms with Crippen molar-refractivity contribution in [3.8, 4) is 5.82 Å². The smallest absolute Gasteiger partial charge is 0.260 e. The molecule has 0 saturated carbocycles. The standard InChI is InChI=1S/C22H27N5OS/c1-4-7-15-9-10-17-18(12-15)29-22(25-17)26-21(28)16-13-24-27(20(16)14(2)3)19-8-5-6-11-23-19/h5-6,8,11,13-15H,4,7,9-10,12H2,1-3H3,(H,25,26,28). The number of hydrogen-bond donors (Lipinski definition) is 1. The Bertz CT molecular complexity index is 992. The topological polar surface area (TPSA) is 72.7 Å². The largest absolute Gasteiger partial charge is 0.298 e. The lowest BCUT2D eigenvalue weighted by atomic mass is 9.88. The van der Waals surface area contributed by atoms with Crippen LogP contribution in [0.1, 0.15) is 72.6 Å². The van der Waals surface area contributed by atoms with Crippen molar-refractivity contribution in [2.75, 3.05) is 5.32 Å². The summed E-state index contributed by atoms with van der Waals surface area (Å²) >= 11 is 1.62. The zero-order valence-electron chi connectivity index (χ0n) is 17.2. The molecule has 1 unspecified atom stereocenters. The Morgan fingerprint density at radius 1 is 1.38 bits per heavy atom. The number of rotatable bonds is 6. The van der Waals surface area contributed by atoms with E-state index >= 15 is 0 Å². The number of thiazole rings is 1. The summed E-state index contributed by atoms with van der Waals surface area (Å²) in [6, 6.07) is 5.67. The number of pyridine rings is 1. The molecule has 4 rings (SSSR count). The fourth-order valence-corrected chi connectivity index (χ4v) is 5.18. The van der Waals surface area contributed by atoms with Gasteiger partial charge in [-0.3, -0.25) is 10.1 Å². The second kappa shape index (κ2) is 8.45. The molecule has 0 spiro atoms. The van der Waals surface area contributed by atoms with Crippen molar-refractivity contribution in [2.45, 2.75) is 58.8 Å². The molecule has 6 nitrogen and oxygen atoms in total. The number of fused-ring (bicyclic) bond motifs is 1. The molecule has 1 N–H and O–H groups in total. The molecule has 3 aromatic heterocycles. The fourth-order valence-electron chi connectivity index (χ4n) is 4.07. The van der Waals surface area contributed by atoms with Crippen molar-refractivity contribution in [1.82, 2.24) is 19.7 Å². The average Bonchev–Trinajstić information content (AvgIpc) is 3.32. The van der Waals surface area contributed by atoms with E-state index in [1.807, 2.05) is 18.2 Å². The minimum Gasteiger partial charge on any atom is -0.298 e. The highest BCUT2D eigenvalue weighted by atomic mass is 32.1. The Morgan fingerprint density at radius 3 is 2.97 bits per heavy atom. The summed E-state index contributed by atoms with van der Waals surface area (Å²) in [5, 5.41) is 8.15. The molecule has 0 fully saturated rings. The molecule has 152 valence electrons. The summed E-state index contributed by atoms with van der Waals surface area (Å²) in [4.78, 5) is 23.4. The summed E-state index contributed by atoms with van der Waals surface area (Å²) in [6.45, 7) is 6.36. The monoisotopic (exact) mass is 409 g/mol. The molecule has 0 aliphatic heterocycles. The van der Waals surface area contributed by atoms with Crippen molar-refractivity contribution in [3.05, 3.63) is 52.4 Å². The van der Waals surface area contributed by atoms with Gasteiger partial charge in [-0.05, 0) is 43.2 Å². The quantitative estimate of drug-likeness (QED) is 0.621. The molecular formula is C22H27N5OS. The highest BCUT2D eigenvalue weighted by molar-refractivity contribution is 7.15. The van der Waals surface area contributed by atoms with Gasteiger partial charge in [0.15, 0.2) is 10.9 Å². The van der Waals surface area contributed by atoms with Crippen LogP contribution in [-0.2, 0) is 12.8 Å². The molecule has 1 aliphatic carbocycles. The molecule has 3 aromatic rings. The lowest BCUT2D eigenvalue weighted by molar-refractivity contribution is 0.102. The summed E-state index contributed by atoms with van der Waals surface area (Å²) in [5.41, 5.74) is 2.58. The number of hydrogen-bond acceptors (Lipinski definition) is 5. The van der Waals surface area contributed by atoms with Gasteiger partial charge in [-0.15, -0.1) is 11.3 Å². The zero-order chi connectivity index (χ0) is 20.4. The van der Waals surface area contributed by atoms with Crippen LogP contribution < -0.4 is 5.32 Å². The van der Waals surface area contributed by atoms with Crippen molar-refractivity contribution in [2.24, 2.45) is 5.92 Å². The fraction of sp³-hybridized carbons (Fsp3) is 0.455. The number of anilines is 1.